The first-order valence-electron chi connectivity index (χ1n) is 13.2. The Morgan fingerprint density at radius 3 is 2.62 bits per heavy atom. The van der Waals surface area contributed by atoms with Gasteiger partial charge in [0.25, 0.3) is 0 Å². The number of carbonyl (C=O) groups excluding carboxylic acids is 1. The van der Waals surface area contributed by atoms with Crippen molar-refractivity contribution in [2.75, 3.05) is 42.3 Å². The molecular formula is C26H33F2N5O5S. The lowest BCUT2D eigenvalue weighted by Gasteiger charge is -2.34. The molecule has 2 heterocycles. The Bertz CT molecular complexity index is 1290. The molecule has 2 amide bonds. The summed E-state index contributed by atoms with van der Waals surface area (Å²) in [5.41, 5.74) is 1.69. The molecule has 5 rings (SSSR count). The predicted octanol–water partition coefficient (Wildman–Crippen LogP) is 3.69. The summed E-state index contributed by atoms with van der Waals surface area (Å²) in [7, 11) is -3.70. The summed E-state index contributed by atoms with van der Waals surface area (Å²) in [5.74, 6) is 0.711. The second-order valence-corrected chi connectivity index (χ2v) is 12.7. The molecule has 1 aliphatic heterocycles. The third-order valence-corrected chi connectivity index (χ3v) is 9.89. The predicted molar refractivity (Wildman–Crippen MR) is 142 cm³/mol. The van der Waals surface area contributed by atoms with E-state index in [9.17, 15) is 22.0 Å². The maximum Gasteiger partial charge on any atom is 0.345 e. The fraction of sp³-hybridized carbons (Fsp3) is 0.577. The van der Waals surface area contributed by atoms with Crippen molar-refractivity contribution in [3.05, 3.63) is 36.0 Å². The second-order valence-electron chi connectivity index (χ2n) is 10.3. The highest BCUT2D eigenvalue weighted by Gasteiger charge is 2.57. The molecule has 1 aromatic heterocycles. The number of alkyl halides is 2. The third-order valence-electron chi connectivity index (χ3n) is 7.26. The summed E-state index contributed by atoms with van der Waals surface area (Å²) in [4.78, 5) is 23.7. The van der Waals surface area contributed by atoms with Crippen LogP contribution in [-0.2, 0) is 24.1 Å². The van der Waals surface area contributed by atoms with Gasteiger partial charge < -0.3 is 25.0 Å². The number of anilines is 2. The molecule has 39 heavy (non-hydrogen) atoms. The molecule has 3 fully saturated rings. The average molecular weight is 566 g/mol. The monoisotopic (exact) mass is 565 g/mol. The molecule has 2 saturated carbocycles. The van der Waals surface area contributed by atoms with Gasteiger partial charge in [0.1, 0.15) is 10.6 Å². The zero-order valence-corrected chi connectivity index (χ0v) is 22.6. The van der Waals surface area contributed by atoms with Crippen LogP contribution in [0.15, 0.2) is 30.3 Å². The van der Waals surface area contributed by atoms with Crippen LogP contribution in [0, 0.1) is 0 Å². The third kappa shape index (κ3) is 6.47. The van der Waals surface area contributed by atoms with Gasteiger partial charge in [0.2, 0.25) is 0 Å². The summed E-state index contributed by atoms with van der Waals surface area (Å²) in [5, 5.41) is 5.68. The van der Waals surface area contributed by atoms with Crippen molar-refractivity contribution in [2.24, 2.45) is 0 Å². The van der Waals surface area contributed by atoms with Gasteiger partial charge >= 0.3 is 12.6 Å². The van der Waals surface area contributed by atoms with E-state index in [2.05, 4.69) is 20.3 Å². The maximum atomic E-state index is 13.4. The Labute approximate surface area is 226 Å². The first-order valence-corrected chi connectivity index (χ1v) is 14.9. The van der Waals surface area contributed by atoms with E-state index in [4.69, 9.17) is 14.7 Å². The molecule has 0 unspecified atom stereocenters. The summed E-state index contributed by atoms with van der Waals surface area (Å²) in [6, 6.07) is 8.83. The van der Waals surface area contributed by atoms with Crippen LogP contribution in [0.1, 0.15) is 44.7 Å². The van der Waals surface area contributed by atoms with Crippen LogP contribution in [0.2, 0.25) is 0 Å². The van der Waals surface area contributed by atoms with Crippen LogP contribution in [-0.4, -0.2) is 75.2 Å². The highest BCUT2D eigenvalue weighted by atomic mass is 32.2. The number of ether oxygens (including phenoxy) is 2. The minimum absolute atomic E-state index is 0.0253. The van der Waals surface area contributed by atoms with E-state index in [0.29, 0.717) is 61.2 Å². The highest BCUT2D eigenvalue weighted by Crippen LogP contribution is 2.53. The zero-order chi connectivity index (χ0) is 27.6. The van der Waals surface area contributed by atoms with Gasteiger partial charge in [-0.1, -0.05) is 0 Å². The van der Waals surface area contributed by atoms with Crippen molar-refractivity contribution in [2.45, 2.75) is 62.5 Å². The number of nitrogens with one attached hydrogen (secondary N) is 2. The summed E-state index contributed by atoms with van der Waals surface area (Å²) >= 11 is 0. The standard InChI is InChI=1S/C26H33F2N5O5S/c1-17-16-37-13-11-33(17)22-15-21(26(9-10-26)39(35,36)14-2-12-38-24(27)28)31-23(32-22)18-3-5-19(6-4-18)29-25(34)30-20-7-8-20/h3-6,15,17,20,24H,2,7-14,16H2,1H3,(H2,29,30,34)/t17-/m0/s1. The molecule has 3 aliphatic rings. The number of hydrogen-bond donors (Lipinski definition) is 2. The van der Waals surface area contributed by atoms with Gasteiger partial charge in [-0.15, -0.1) is 0 Å². The highest BCUT2D eigenvalue weighted by molar-refractivity contribution is 7.92. The summed E-state index contributed by atoms with van der Waals surface area (Å²) in [6.45, 7) is 0.388. The lowest BCUT2D eigenvalue weighted by molar-refractivity contribution is -0.128. The second kappa shape index (κ2) is 11.3. The van der Waals surface area contributed by atoms with E-state index in [1.54, 1.807) is 30.3 Å². The Morgan fingerprint density at radius 1 is 1.23 bits per heavy atom. The van der Waals surface area contributed by atoms with Crippen molar-refractivity contribution in [3.63, 3.8) is 0 Å². The average Bonchev–Trinajstić information content (AvgIpc) is 3.83. The van der Waals surface area contributed by atoms with E-state index in [-0.39, 0.29) is 36.9 Å². The van der Waals surface area contributed by atoms with Crippen LogP contribution in [0.25, 0.3) is 11.4 Å². The molecule has 0 bridgehead atoms. The molecule has 2 aliphatic carbocycles. The molecule has 2 N–H and O–H groups in total. The van der Waals surface area contributed by atoms with E-state index in [1.165, 1.54) is 0 Å². The number of nitrogens with zero attached hydrogens (tertiary/aromatic N) is 3. The Kier molecular flexibility index (Phi) is 8.01. The first-order chi connectivity index (χ1) is 18.7. The number of urea groups is 1. The molecule has 212 valence electrons. The fourth-order valence-electron chi connectivity index (χ4n) is 4.75. The van der Waals surface area contributed by atoms with Crippen molar-refractivity contribution < 1.29 is 31.5 Å². The molecule has 1 aromatic carbocycles. The van der Waals surface area contributed by atoms with E-state index in [0.717, 1.165) is 12.8 Å². The van der Waals surface area contributed by atoms with Gasteiger partial charge in [-0.3, -0.25) is 0 Å². The first kappa shape index (κ1) is 27.7. The number of sulfone groups is 1. The largest absolute Gasteiger partial charge is 0.377 e. The van der Waals surface area contributed by atoms with Gasteiger partial charge in [0.05, 0.1) is 37.3 Å². The Balaban J connectivity index is 1.42. The van der Waals surface area contributed by atoms with Gasteiger partial charge in [-0.2, -0.15) is 8.78 Å². The number of carbonyl (C=O) groups is 1. The number of aromatic nitrogens is 2. The van der Waals surface area contributed by atoms with Gasteiger partial charge in [0.15, 0.2) is 15.7 Å². The smallest absolute Gasteiger partial charge is 0.345 e. The van der Waals surface area contributed by atoms with Crippen LogP contribution < -0.4 is 15.5 Å². The number of benzene rings is 1. The lowest BCUT2D eigenvalue weighted by atomic mass is 10.1. The Hall–Kier alpha value is -2.90. The molecule has 1 saturated heterocycles. The Morgan fingerprint density at radius 2 is 1.97 bits per heavy atom. The van der Waals surface area contributed by atoms with Crippen molar-refractivity contribution in [1.82, 2.24) is 15.3 Å². The van der Waals surface area contributed by atoms with E-state index >= 15 is 0 Å². The lowest BCUT2D eigenvalue weighted by Crippen LogP contribution is -2.44. The van der Waals surface area contributed by atoms with Crippen LogP contribution >= 0.6 is 0 Å². The van der Waals surface area contributed by atoms with Crippen LogP contribution in [0.3, 0.4) is 0 Å². The summed E-state index contributed by atoms with van der Waals surface area (Å²) in [6.07, 6.45) is 2.76. The molecule has 13 heteroatoms. The minimum atomic E-state index is -3.70. The fourth-order valence-corrected chi connectivity index (χ4v) is 6.79. The molecule has 0 radical (unpaired) electrons. The number of hydrogen-bond acceptors (Lipinski definition) is 8. The number of amides is 2. The minimum Gasteiger partial charge on any atom is -0.377 e. The number of rotatable bonds is 11. The van der Waals surface area contributed by atoms with Crippen molar-refractivity contribution in [3.8, 4) is 11.4 Å². The molecule has 2 aromatic rings. The normalized spacial score (nSPS) is 20.6. The molecule has 0 spiro atoms. The topological polar surface area (TPSA) is 123 Å². The van der Waals surface area contributed by atoms with Gasteiger partial charge in [0, 0.05) is 29.9 Å². The quantitative estimate of drug-likeness (QED) is 0.396. The van der Waals surface area contributed by atoms with E-state index < -0.39 is 21.2 Å². The molecule has 1 atom stereocenters. The van der Waals surface area contributed by atoms with Gasteiger partial charge in [-0.05, 0) is 63.3 Å². The van der Waals surface area contributed by atoms with Crippen LogP contribution in [0.4, 0.5) is 25.1 Å². The zero-order valence-electron chi connectivity index (χ0n) is 21.7. The van der Waals surface area contributed by atoms with E-state index in [1.807, 2.05) is 6.92 Å². The number of morpholine rings is 1. The van der Waals surface area contributed by atoms with Crippen molar-refractivity contribution in [1.29, 1.82) is 0 Å². The van der Waals surface area contributed by atoms with Crippen molar-refractivity contribution >= 4 is 27.4 Å². The number of halogens is 2. The molecule has 10 nitrogen and oxygen atoms in total. The SMILES string of the molecule is C[C@H]1COCCN1c1cc(C2(S(=O)(=O)CCCOC(F)F)CC2)nc(-c2ccc(NC(=O)NC3CC3)cc2)n1. The van der Waals surface area contributed by atoms with Gasteiger partial charge in [-0.25, -0.2) is 23.2 Å². The summed E-state index contributed by atoms with van der Waals surface area (Å²) < 4.78 is 60.1. The molecular weight excluding hydrogens is 532 g/mol. The van der Waals surface area contributed by atoms with Crippen LogP contribution in [0.5, 0.6) is 0 Å². The maximum absolute atomic E-state index is 13.4.